The number of nitrogens with one attached hydrogen (secondary N) is 2. The monoisotopic (exact) mass is 290 g/mol. The standard InChI is InChI=1S/C17H26N2O2/c1-12(2)10-15(20)18-17(14-8-6-5-7-9-14)19-16(21)11-13(3)4/h5-9,12-13,17H,10-11H2,1-4H3,(H,18,20)(H,19,21). The SMILES string of the molecule is CC(C)CC(=O)NC(NC(=O)CC(C)C)c1ccccc1. The Morgan fingerprint density at radius 1 is 0.857 bits per heavy atom. The van der Waals surface area contributed by atoms with E-state index in [2.05, 4.69) is 10.6 Å². The van der Waals surface area contributed by atoms with Crippen LogP contribution in [0.2, 0.25) is 0 Å². The Balaban J connectivity index is 2.76. The topological polar surface area (TPSA) is 58.2 Å². The van der Waals surface area contributed by atoms with Gasteiger partial charge >= 0.3 is 0 Å². The fourth-order valence-electron chi connectivity index (χ4n) is 2.03. The predicted molar refractivity (Wildman–Crippen MR) is 84.4 cm³/mol. The second-order valence-corrected chi connectivity index (χ2v) is 6.17. The van der Waals surface area contributed by atoms with Gasteiger partial charge in [-0.25, -0.2) is 0 Å². The van der Waals surface area contributed by atoms with Crippen molar-refractivity contribution in [3.8, 4) is 0 Å². The Kier molecular flexibility index (Phi) is 6.92. The van der Waals surface area contributed by atoms with Gasteiger partial charge in [0.1, 0.15) is 6.17 Å². The molecule has 0 saturated carbocycles. The summed E-state index contributed by atoms with van der Waals surface area (Å²) in [5, 5.41) is 5.80. The van der Waals surface area contributed by atoms with Gasteiger partial charge in [-0.1, -0.05) is 58.0 Å². The van der Waals surface area contributed by atoms with E-state index in [9.17, 15) is 9.59 Å². The largest absolute Gasteiger partial charge is 0.332 e. The molecule has 4 nitrogen and oxygen atoms in total. The molecule has 0 radical (unpaired) electrons. The van der Waals surface area contributed by atoms with E-state index in [1.807, 2.05) is 58.0 Å². The van der Waals surface area contributed by atoms with E-state index in [1.54, 1.807) is 0 Å². The van der Waals surface area contributed by atoms with Crippen LogP contribution in [0.3, 0.4) is 0 Å². The normalized spacial score (nSPS) is 11.0. The molecule has 1 rings (SSSR count). The van der Waals surface area contributed by atoms with Crippen molar-refractivity contribution in [2.45, 2.75) is 46.7 Å². The van der Waals surface area contributed by atoms with Crippen molar-refractivity contribution >= 4 is 11.8 Å². The van der Waals surface area contributed by atoms with Crippen molar-refractivity contribution in [2.75, 3.05) is 0 Å². The van der Waals surface area contributed by atoms with Crippen molar-refractivity contribution in [3.63, 3.8) is 0 Å². The highest BCUT2D eigenvalue weighted by Crippen LogP contribution is 2.12. The summed E-state index contributed by atoms with van der Waals surface area (Å²) in [5.41, 5.74) is 0.881. The zero-order valence-electron chi connectivity index (χ0n) is 13.3. The zero-order chi connectivity index (χ0) is 15.8. The smallest absolute Gasteiger partial charge is 0.222 e. The minimum Gasteiger partial charge on any atom is -0.332 e. The number of rotatable bonds is 7. The van der Waals surface area contributed by atoms with Crippen LogP contribution in [0.15, 0.2) is 30.3 Å². The fraction of sp³-hybridized carbons (Fsp3) is 0.529. The molecule has 0 aliphatic carbocycles. The number of carbonyl (C=O) groups excluding carboxylic acids is 2. The average molecular weight is 290 g/mol. The van der Waals surface area contributed by atoms with Crippen molar-refractivity contribution < 1.29 is 9.59 Å². The van der Waals surface area contributed by atoms with Gasteiger partial charge in [0.15, 0.2) is 0 Å². The first-order valence-electron chi connectivity index (χ1n) is 7.52. The third-order valence-electron chi connectivity index (χ3n) is 2.93. The van der Waals surface area contributed by atoms with Gasteiger partial charge < -0.3 is 10.6 Å². The van der Waals surface area contributed by atoms with Crippen LogP contribution < -0.4 is 10.6 Å². The summed E-state index contributed by atoms with van der Waals surface area (Å²) < 4.78 is 0. The highest BCUT2D eigenvalue weighted by Gasteiger charge is 2.17. The summed E-state index contributed by atoms with van der Waals surface area (Å²) >= 11 is 0. The molecule has 0 atom stereocenters. The molecule has 4 heteroatoms. The first kappa shape index (κ1) is 17.2. The minimum atomic E-state index is -0.469. The lowest BCUT2D eigenvalue weighted by Gasteiger charge is -2.22. The van der Waals surface area contributed by atoms with Crippen molar-refractivity contribution in [1.82, 2.24) is 10.6 Å². The van der Waals surface area contributed by atoms with Crippen molar-refractivity contribution in [3.05, 3.63) is 35.9 Å². The Hall–Kier alpha value is -1.84. The number of benzene rings is 1. The lowest BCUT2D eigenvalue weighted by Crippen LogP contribution is -2.41. The molecule has 0 aliphatic rings. The molecule has 0 fully saturated rings. The number of amides is 2. The molecule has 0 unspecified atom stereocenters. The summed E-state index contributed by atoms with van der Waals surface area (Å²) in [4.78, 5) is 24.0. The van der Waals surface area contributed by atoms with Crippen LogP contribution in [-0.4, -0.2) is 11.8 Å². The van der Waals surface area contributed by atoms with Crippen LogP contribution in [0.4, 0.5) is 0 Å². The zero-order valence-corrected chi connectivity index (χ0v) is 13.3. The van der Waals surface area contributed by atoms with E-state index in [4.69, 9.17) is 0 Å². The lowest BCUT2D eigenvalue weighted by atomic mass is 10.1. The maximum Gasteiger partial charge on any atom is 0.222 e. The second kappa shape index (κ2) is 8.45. The van der Waals surface area contributed by atoms with Gasteiger partial charge in [0.25, 0.3) is 0 Å². The van der Waals surface area contributed by atoms with Gasteiger partial charge in [-0.2, -0.15) is 0 Å². The van der Waals surface area contributed by atoms with Crippen LogP contribution in [0, 0.1) is 11.8 Å². The highest BCUT2D eigenvalue weighted by molar-refractivity contribution is 5.79. The summed E-state index contributed by atoms with van der Waals surface area (Å²) in [7, 11) is 0. The molecule has 0 aromatic heterocycles. The molecule has 0 heterocycles. The van der Waals surface area contributed by atoms with Crippen LogP contribution in [0.5, 0.6) is 0 Å². The maximum absolute atomic E-state index is 12.0. The van der Waals surface area contributed by atoms with Gasteiger partial charge in [-0.3, -0.25) is 9.59 Å². The summed E-state index contributed by atoms with van der Waals surface area (Å²) in [6, 6.07) is 9.50. The summed E-state index contributed by atoms with van der Waals surface area (Å²) in [6.07, 6.45) is 0.427. The number of hydrogen-bond donors (Lipinski definition) is 2. The van der Waals surface area contributed by atoms with Crippen molar-refractivity contribution in [1.29, 1.82) is 0 Å². The van der Waals surface area contributed by atoms with Crippen LogP contribution in [0.1, 0.15) is 52.3 Å². The maximum atomic E-state index is 12.0. The lowest BCUT2D eigenvalue weighted by molar-refractivity contribution is -0.125. The molecule has 1 aromatic rings. The van der Waals surface area contributed by atoms with E-state index in [1.165, 1.54) is 0 Å². The first-order valence-corrected chi connectivity index (χ1v) is 7.52. The first-order chi connectivity index (χ1) is 9.88. The van der Waals surface area contributed by atoms with Gasteiger partial charge in [0.2, 0.25) is 11.8 Å². The summed E-state index contributed by atoms with van der Waals surface area (Å²) in [6.45, 7) is 7.98. The van der Waals surface area contributed by atoms with E-state index >= 15 is 0 Å². The minimum absolute atomic E-state index is 0.0521. The Morgan fingerprint density at radius 3 is 1.67 bits per heavy atom. The third kappa shape index (κ3) is 6.93. The number of carbonyl (C=O) groups is 2. The van der Waals surface area contributed by atoms with Crippen molar-refractivity contribution in [2.24, 2.45) is 11.8 Å². The van der Waals surface area contributed by atoms with E-state index in [-0.39, 0.29) is 23.7 Å². The molecule has 0 saturated heterocycles. The second-order valence-electron chi connectivity index (χ2n) is 6.17. The van der Waals surface area contributed by atoms with E-state index in [0.29, 0.717) is 12.8 Å². The Labute approximate surface area is 127 Å². The molecule has 2 amide bonds. The third-order valence-corrected chi connectivity index (χ3v) is 2.93. The molecule has 0 spiro atoms. The molecule has 1 aromatic carbocycles. The van der Waals surface area contributed by atoms with Gasteiger partial charge in [0, 0.05) is 12.8 Å². The quantitative estimate of drug-likeness (QED) is 0.758. The van der Waals surface area contributed by atoms with E-state index < -0.39 is 6.17 Å². The Morgan fingerprint density at radius 2 is 1.29 bits per heavy atom. The Bertz CT molecular complexity index is 431. The fourth-order valence-corrected chi connectivity index (χ4v) is 2.03. The average Bonchev–Trinajstić information content (AvgIpc) is 2.37. The predicted octanol–water partition coefficient (Wildman–Crippen LogP) is 3.01. The summed E-state index contributed by atoms with van der Waals surface area (Å²) in [5.74, 6) is 0.466. The van der Waals surface area contributed by atoms with E-state index in [0.717, 1.165) is 5.56 Å². The molecule has 2 N–H and O–H groups in total. The molecule has 0 aliphatic heterocycles. The highest BCUT2D eigenvalue weighted by atomic mass is 16.2. The van der Waals surface area contributed by atoms with Gasteiger partial charge in [0.05, 0.1) is 0 Å². The number of hydrogen-bond acceptors (Lipinski definition) is 2. The van der Waals surface area contributed by atoms with Crippen LogP contribution >= 0.6 is 0 Å². The van der Waals surface area contributed by atoms with Crippen LogP contribution in [-0.2, 0) is 9.59 Å². The van der Waals surface area contributed by atoms with Gasteiger partial charge in [-0.05, 0) is 17.4 Å². The molecular formula is C17H26N2O2. The molecule has 0 bridgehead atoms. The molecular weight excluding hydrogens is 264 g/mol. The molecule has 21 heavy (non-hydrogen) atoms. The van der Waals surface area contributed by atoms with Crippen LogP contribution in [0.25, 0.3) is 0 Å². The van der Waals surface area contributed by atoms with Gasteiger partial charge in [-0.15, -0.1) is 0 Å². The molecule has 116 valence electrons.